The maximum atomic E-state index is 11.3. The lowest BCUT2D eigenvalue weighted by molar-refractivity contribution is 0.0950. The summed E-state index contributed by atoms with van der Waals surface area (Å²) in [6.07, 6.45) is 0. The van der Waals surface area contributed by atoms with Gasteiger partial charge in [0.25, 0.3) is 11.7 Å². The highest BCUT2D eigenvalue weighted by Crippen LogP contribution is 2.31. The zero-order chi connectivity index (χ0) is 12.6. The van der Waals surface area contributed by atoms with E-state index in [1.807, 2.05) is 27.7 Å². The molecule has 0 aliphatic heterocycles. The van der Waals surface area contributed by atoms with Crippen molar-refractivity contribution < 1.29 is 9.32 Å². The molecule has 16 heavy (non-hydrogen) atoms. The van der Waals surface area contributed by atoms with Gasteiger partial charge in [-0.25, -0.2) is 0 Å². The van der Waals surface area contributed by atoms with Crippen LogP contribution in [-0.2, 0) is 5.41 Å². The van der Waals surface area contributed by atoms with Gasteiger partial charge in [-0.05, 0) is 27.7 Å². The molecule has 0 saturated heterocycles. The van der Waals surface area contributed by atoms with Crippen LogP contribution in [0.5, 0.6) is 0 Å². The van der Waals surface area contributed by atoms with E-state index in [4.69, 9.17) is 10.3 Å². The normalized spacial score (nSPS) is 12.6. The van der Waals surface area contributed by atoms with Crippen molar-refractivity contribution in [2.75, 3.05) is 7.05 Å². The summed E-state index contributed by atoms with van der Waals surface area (Å²) in [7, 11) is 1.51. The standard InChI is InChI=1S/C10H18N4O2/c1-9(2,10(3,4)11)8-13-6(14-16-8)7(15)12-5/h11H2,1-5H3,(H,12,15). The Morgan fingerprint density at radius 3 is 2.38 bits per heavy atom. The van der Waals surface area contributed by atoms with E-state index < -0.39 is 11.0 Å². The van der Waals surface area contributed by atoms with Gasteiger partial charge in [-0.3, -0.25) is 4.79 Å². The van der Waals surface area contributed by atoms with Gasteiger partial charge in [0, 0.05) is 12.6 Å². The predicted octanol–water partition coefficient (Wildman–Crippen LogP) is 0.444. The first kappa shape index (κ1) is 12.6. The molecule has 1 heterocycles. The Bertz CT molecular complexity index is 390. The van der Waals surface area contributed by atoms with E-state index in [2.05, 4.69) is 15.5 Å². The highest BCUT2D eigenvalue weighted by atomic mass is 16.5. The quantitative estimate of drug-likeness (QED) is 0.780. The monoisotopic (exact) mass is 226 g/mol. The number of amides is 1. The lowest BCUT2D eigenvalue weighted by Crippen LogP contribution is -2.50. The maximum absolute atomic E-state index is 11.3. The van der Waals surface area contributed by atoms with E-state index in [9.17, 15) is 4.79 Å². The molecule has 0 atom stereocenters. The highest BCUT2D eigenvalue weighted by Gasteiger charge is 2.40. The van der Waals surface area contributed by atoms with Crippen molar-refractivity contribution in [1.29, 1.82) is 0 Å². The van der Waals surface area contributed by atoms with Crippen LogP contribution in [0.2, 0.25) is 0 Å². The van der Waals surface area contributed by atoms with Gasteiger partial charge >= 0.3 is 0 Å². The molecule has 0 aromatic carbocycles. The number of carbonyl (C=O) groups is 1. The summed E-state index contributed by atoms with van der Waals surface area (Å²) in [5, 5.41) is 6.04. The molecule has 0 aliphatic carbocycles. The van der Waals surface area contributed by atoms with Crippen molar-refractivity contribution in [3.05, 3.63) is 11.7 Å². The molecular formula is C10H18N4O2. The van der Waals surface area contributed by atoms with Crippen molar-refractivity contribution in [2.24, 2.45) is 5.73 Å². The van der Waals surface area contributed by atoms with E-state index in [-0.39, 0.29) is 11.7 Å². The Labute approximate surface area is 94.6 Å². The Morgan fingerprint density at radius 1 is 1.38 bits per heavy atom. The number of rotatable bonds is 3. The number of hydrogen-bond acceptors (Lipinski definition) is 5. The number of hydrogen-bond donors (Lipinski definition) is 2. The Kier molecular flexibility index (Phi) is 3.05. The van der Waals surface area contributed by atoms with E-state index in [0.29, 0.717) is 5.89 Å². The van der Waals surface area contributed by atoms with Crippen LogP contribution in [0.15, 0.2) is 4.52 Å². The number of carbonyl (C=O) groups excluding carboxylic acids is 1. The van der Waals surface area contributed by atoms with Gasteiger partial charge in [-0.1, -0.05) is 5.16 Å². The largest absolute Gasteiger partial charge is 0.352 e. The molecule has 0 unspecified atom stereocenters. The summed E-state index contributed by atoms with van der Waals surface area (Å²) in [5.41, 5.74) is 5.00. The second kappa shape index (κ2) is 3.86. The van der Waals surface area contributed by atoms with Gasteiger partial charge in [0.1, 0.15) is 0 Å². The van der Waals surface area contributed by atoms with Gasteiger partial charge < -0.3 is 15.6 Å². The summed E-state index contributed by atoms with van der Waals surface area (Å²) in [4.78, 5) is 15.3. The van der Waals surface area contributed by atoms with Crippen molar-refractivity contribution in [3.63, 3.8) is 0 Å². The van der Waals surface area contributed by atoms with E-state index >= 15 is 0 Å². The van der Waals surface area contributed by atoms with Crippen LogP contribution >= 0.6 is 0 Å². The first-order chi connectivity index (χ1) is 7.20. The van der Waals surface area contributed by atoms with E-state index in [1.165, 1.54) is 7.05 Å². The maximum Gasteiger partial charge on any atom is 0.292 e. The third kappa shape index (κ3) is 2.06. The van der Waals surface area contributed by atoms with Gasteiger partial charge in [0.15, 0.2) is 0 Å². The molecule has 0 spiro atoms. The number of nitrogens with zero attached hydrogens (tertiary/aromatic N) is 2. The first-order valence-electron chi connectivity index (χ1n) is 5.05. The highest BCUT2D eigenvalue weighted by molar-refractivity contribution is 5.89. The molecule has 0 bridgehead atoms. The van der Waals surface area contributed by atoms with Crippen LogP contribution in [-0.4, -0.2) is 28.6 Å². The Morgan fingerprint density at radius 2 is 1.94 bits per heavy atom. The fraction of sp³-hybridized carbons (Fsp3) is 0.700. The molecule has 6 heteroatoms. The minimum Gasteiger partial charge on any atom is -0.352 e. The fourth-order valence-corrected chi connectivity index (χ4v) is 0.957. The SMILES string of the molecule is CNC(=O)c1noc(C(C)(C)C(C)(C)N)n1. The molecule has 1 aromatic heterocycles. The average molecular weight is 226 g/mol. The minimum absolute atomic E-state index is 0.0230. The number of nitrogens with two attached hydrogens (primary N) is 1. The zero-order valence-electron chi connectivity index (χ0n) is 10.3. The molecule has 1 rings (SSSR count). The smallest absolute Gasteiger partial charge is 0.292 e. The van der Waals surface area contributed by atoms with E-state index in [0.717, 1.165) is 0 Å². The molecule has 3 N–H and O–H groups in total. The minimum atomic E-state index is -0.528. The van der Waals surface area contributed by atoms with Crippen molar-refractivity contribution in [2.45, 2.75) is 38.6 Å². The molecule has 6 nitrogen and oxygen atoms in total. The fourth-order valence-electron chi connectivity index (χ4n) is 0.957. The number of aromatic nitrogens is 2. The Hall–Kier alpha value is -1.43. The van der Waals surface area contributed by atoms with Crippen LogP contribution in [0.1, 0.15) is 44.2 Å². The third-order valence-electron chi connectivity index (χ3n) is 3.00. The average Bonchev–Trinajstić information content (AvgIpc) is 2.64. The van der Waals surface area contributed by atoms with Crippen LogP contribution in [0.25, 0.3) is 0 Å². The molecule has 0 radical (unpaired) electrons. The summed E-state index contributed by atoms with van der Waals surface area (Å²) < 4.78 is 5.08. The number of nitrogens with one attached hydrogen (secondary N) is 1. The van der Waals surface area contributed by atoms with Crippen molar-refractivity contribution in [3.8, 4) is 0 Å². The molecule has 0 saturated carbocycles. The van der Waals surface area contributed by atoms with Crippen LogP contribution < -0.4 is 11.1 Å². The van der Waals surface area contributed by atoms with Crippen molar-refractivity contribution in [1.82, 2.24) is 15.5 Å². The van der Waals surface area contributed by atoms with Gasteiger partial charge in [0.2, 0.25) is 5.89 Å². The topological polar surface area (TPSA) is 94.0 Å². The van der Waals surface area contributed by atoms with Gasteiger partial charge in [-0.2, -0.15) is 4.98 Å². The lowest BCUT2D eigenvalue weighted by Gasteiger charge is -2.34. The van der Waals surface area contributed by atoms with Gasteiger partial charge in [-0.15, -0.1) is 0 Å². The second-order valence-corrected chi connectivity index (χ2v) is 4.85. The summed E-state index contributed by atoms with van der Waals surface area (Å²) in [6.45, 7) is 7.54. The Balaban J connectivity index is 3.07. The molecule has 1 amide bonds. The third-order valence-corrected chi connectivity index (χ3v) is 3.00. The molecular weight excluding hydrogens is 208 g/mol. The van der Waals surface area contributed by atoms with Crippen LogP contribution in [0.3, 0.4) is 0 Å². The molecule has 1 aromatic rings. The summed E-state index contributed by atoms with van der Waals surface area (Å²) >= 11 is 0. The van der Waals surface area contributed by atoms with E-state index in [1.54, 1.807) is 0 Å². The summed E-state index contributed by atoms with van der Waals surface area (Å²) in [6, 6.07) is 0. The van der Waals surface area contributed by atoms with Crippen LogP contribution in [0.4, 0.5) is 0 Å². The van der Waals surface area contributed by atoms with Crippen molar-refractivity contribution >= 4 is 5.91 Å². The molecule has 0 aliphatic rings. The zero-order valence-corrected chi connectivity index (χ0v) is 10.3. The first-order valence-corrected chi connectivity index (χ1v) is 5.05. The van der Waals surface area contributed by atoms with Crippen LogP contribution in [0, 0.1) is 0 Å². The summed E-state index contributed by atoms with van der Waals surface area (Å²) in [5.74, 6) is 0.00838. The molecule has 90 valence electrons. The predicted molar refractivity (Wildman–Crippen MR) is 59.0 cm³/mol. The molecule has 0 fully saturated rings. The lowest BCUT2D eigenvalue weighted by atomic mass is 9.75. The van der Waals surface area contributed by atoms with Gasteiger partial charge in [0.05, 0.1) is 5.41 Å². The second-order valence-electron chi connectivity index (χ2n) is 4.85.